The molecule has 1 heterocycles. The van der Waals surface area contributed by atoms with Gasteiger partial charge in [-0.25, -0.2) is 0 Å². The topological polar surface area (TPSA) is 48.9 Å². The summed E-state index contributed by atoms with van der Waals surface area (Å²) in [5.41, 5.74) is 6.01. The number of nitrogens with one attached hydrogen (secondary N) is 2. The fourth-order valence-corrected chi connectivity index (χ4v) is 2.38. The summed E-state index contributed by atoms with van der Waals surface area (Å²) < 4.78 is 5.54. The van der Waals surface area contributed by atoms with Crippen LogP contribution >= 0.6 is 12.2 Å². The highest BCUT2D eigenvalue weighted by atomic mass is 32.1. The molecule has 1 atom stereocenters. The molecule has 0 aliphatic carbocycles. The van der Waals surface area contributed by atoms with Gasteiger partial charge in [-0.05, 0) is 49.7 Å². The van der Waals surface area contributed by atoms with Crippen LogP contribution in [0.15, 0.2) is 29.4 Å². The number of anilines is 1. The first-order chi connectivity index (χ1) is 10.6. The van der Waals surface area contributed by atoms with Crippen molar-refractivity contribution in [3.63, 3.8) is 0 Å². The maximum Gasteiger partial charge on any atom is 0.187 e. The Hall–Kier alpha value is -1.66. The summed E-state index contributed by atoms with van der Waals surface area (Å²) in [5.74, 6) is 0. The van der Waals surface area contributed by atoms with Crippen LogP contribution in [0, 0.1) is 0 Å². The first-order valence-electron chi connectivity index (χ1n) is 7.54. The first-order valence-corrected chi connectivity index (χ1v) is 7.94. The second-order valence-corrected chi connectivity index (χ2v) is 6.00. The Morgan fingerprint density at radius 1 is 1.36 bits per heavy atom. The molecule has 0 unspecified atom stereocenters. The summed E-state index contributed by atoms with van der Waals surface area (Å²) in [6, 6.07) is 8.25. The first kappa shape index (κ1) is 16.7. The maximum absolute atomic E-state index is 5.54. The van der Waals surface area contributed by atoms with Gasteiger partial charge in [0.1, 0.15) is 0 Å². The van der Waals surface area contributed by atoms with E-state index in [2.05, 4.69) is 45.0 Å². The van der Waals surface area contributed by atoms with Crippen LogP contribution in [0.25, 0.3) is 0 Å². The van der Waals surface area contributed by atoms with Crippen molar-refractivity contribution in [2.75, 3.05) is 32.1 Å². The molecule has 1 aromatic carbocycles. The van der Waals surface area contributed by atoms with Crippen LogP contribution in [-0.4, -0.2) is 44.2 Å². The molecule has 22 heavy (non-hydrogen) atoms. The van der Waals surface area contributed by atoms with Gasteiger partial charge >= 0.3 is 0 Å². The number of thiocarbonyl (C=S) groups is 1. The lowest BCUT2D eigenvalue weighted by atomic mass is 10.1. The monoisotopic (exact) mass is 320 g/mol. The van der Waals surface area contributed by atoms with Gasteiger partial charge < -0.3 is 15.0 Å². The Morgan fingerprint density at radius 3 is 2.68 bits per heavy atom. The van der Waals surface area contributed by atoms with Crippen molar-refractivity contribution in [2.24, 2.45) is 5.10 Å². The number of rotatable bonds is 5. The van der Waals surface area contributed by atoms with Crippen LogP contribution in [0.1, 0.15) is 25.3 Å². The molecule has 1 aliphatic heterocycles. The van der Waals surface area contributed by atoms with Crippen LogP contribution in [0.4, 0.5) is 5.69 Å². The summed E-state index contributed by atoms with van der Waals surface area (Å²) in [5, 5.41) is 7.99. The van der Waals surface area contributed by atoms with Crippen molar-refractivity contribution in [3.8, 4) is 0 Å². The maximum atomic E-state index is 5.54. The Morgan fingerprint density at radius 2 is 2.09 bits per heavy atom. The molecule has 0 saturated carbocycles. The minimum Gasteiger partial charge on any atom is -0.378 e. The van der Waals surface area contributed by atoms with E-state index in [1.165, 1.54) is 5.69 Å². The summed E-state index contributed by atoms with van der Waals surface area (Å²) >= 11 is 5.22. The third kappa shape index (κ3) is 4.96. The molecule has 1 aliphatic rings. The zero-order valence-corrected chi connectivity index (χ0v) is 14.2. The van der Waals surface area contributed by atoms with Gasteiger partial charge in [-0.15, -0.1) is 0 Å². The zero-order chi connectivity index (χ0) is 15.9. The lowest BCUT2D eigenvalue weighted by molar-refractivity contribution is 0.114. The van der Waals surface area contributed by atoms with Gasteiger partial charge in [-0.2, -0.15) is 5.10 Å². The zero-order valence-electron chi connectivity index (χ0n) is 13.4. The van der Waals surface area contributed by atoms with Crippen LogP contribution in [-0.2, 0) is 4.74 Å². The van der Waals surface area contributed by atoms with Crippen molar-refractivity contribution in [3.05, 3.63) is 29.8 Å². The van der Waals surface area contributed by atoms with E-state index in [9.17, 15) is 0 Å². The third-order valence-corrected chi connectivity index (χ3v) is 3.88. The number of hydrazone groups is 1. The van der Waals surface area contributed by atoms with Gasteiger partial charge in [0, 0.05) is 32.9 Å². The number of benzene rings is 1. The molecule has 0 aromatic heterocycles. The predicted octanol–water partition coefficient (Wildman–Crippen LogP) is 2.12. The van der Waals surface area contributed by atoms with Crippen molar-refractivity contribution in [1.82, 2.24) is 10.7 Å². The van der Waals surface area contributed by atoms with Crippen molar-refractivity contribution < 1.29 is 4.74 Å². The lowest BCUT2D eigenvalue weighted by Crippen LogP contribution is -2.37. The van der Waals surface area contributed by atoms with Crippen molar-refractivity contribution in [2.45, 2.75) is 25.9 Å². The molecule has 0 bridgehead atoms. The molecule has 6 heteroatoms. The highest BCUT2D eigenvalue weighted by molar-refractivity contribution is 7.80. The minimum atomic E-state index is 0.267. The molecule has 5 nitrogen and oxygen atoms in total. The Balaban J connectivity index is 1.81. The predicted molar refractivity (Wildman–Crippen MR) is 95.7 cm³/mol. The summed E-state index contributed by atoms with van der Waals surface area (Å²) in [4.78, 5) is 2.07. The molecule has 0 spiro atoms. The molecule has 0 amide bonds. The second kappa shape index (κ2) is 8.10. The van der Waals surface area contributed by atoms with Crippen LogP contribution in [0.2, 0.25) is 0 Å². The van der Waals surface area contributed by atoms with Gasteiger partial charge in [0.2, 0.25) is 0 Å². The van der Waals surface area contributed by atoms with Gasteiger partial charge in [0.25, 0.3) is 0 Å². The smallest absolute Gasteiger partial charge is 0.187 e. The Bertz CT molecular complexity index is 521. The van der Waals surface area contributed by atoms with E-state index >= 15 is 0 Å². The Labute approximate surface area is 137 Å². The largest absolute Gasteiger partial charge is 0.378 e. The number of ether oxygens (including phenoxy) is 1. The fraction of sp³-hybridized carbons (Fsp3) is 0.500. The van der Waals surface area contributed by atoms with Crippen molar-refractivity contribution >= 4 is 28.7 Å². The summed E-state index contributed by atoms with van der Waals surface area (Å²) in [7, 11) is 4.05. The summed E-state index contributed by atoms with van der Waals surface area (Å²) in [6.45, 7) is 3.55. The highest BCUT2D eigenvalue weighted by Crippen LogP contribution is 2.13. The SMILES string of the molecule is C/C(=N/NC(=S)NC[C@@H]1CCCO1)c1ccc(N(C)C)cc1. The molecule has 2 N–H and O–H groups in total. The quantitative estimate of drug-likeness (QED) is 0.494. The van der Waals surface area contributed by atoms with E-state index in [1.54, 1.807) is 0 Å². The van der Waals surface area contributed by atoms with Gasteiger partial charge in [-0.3, -0.25) is 5.43 Å². The third-order valence-electron chi connectivity index (χ3n) is 3.64. The van der Waals surface area contributed by atoms with Crippen molar-refractivity contribution in [1.29, 1.82) is 0 Å². The highest BCUT2D eigenvalue weighted by Gasteiger charge is 2.15. The van der Waals surface area contributed by atoms with E-state index in [0.29, 0.717) is 5.11 Å². The van der Waals surface area contributed by atoms with Gasteiger partial charge in [0.05, 0.1) is 11.8 Å². The molecule has 1 saturated heterocycles. The van der Waals surface area contributed by atoms with Crippen LogP contribution in [0.5, 0.6) is 0 Å². The van der Waals surface area contributed by atoms with Gasteiger partial charge in [0.15, 0.2) is 5.11 Å². The van der Waals surface area contributed by atoms with E-state index < -0.39 is 0 Å². The minimum absolute atomic E-state index is 0.267. The number of hydrogen-bond acceptors (Lipinski definition) is 4. The average molecular weight is 320 g/mol. The fourth-order valence-electron chi connectivity index (χ4n) is 2.25. The Kier molecular flexibility index (Phi) is 6.15. The lowest BCUT2D eigenvalue weighted by Gasteiger charge is -2.13. The molecule has 1 fully saturated rings. The molecule has 120 valence electrons. The van der Waals surface area contributed by atoms with E-state index in [1.807, 2.05) is 21.0 Å². The van der Waals surface area contributed by atoms with E-state index in [4.69, 9.17) is 17.0 Å². The van der Waals surface area contributed by atoms with Crippen LogP contribution < -0.4 is 15.6 Å². The second-order valence-electron chi connectivity index (χ2n) is 5.60. The number of hydrogen-bond donors (Lipinski definition) is 2. The van der Waals surface area contributed by atoms with Gasteiger partial charge in [-0.1, -0.05) is 12.1 Å². The molecule has 1 aromatic rings. The normalized spacial score (nSPS) is 18.1. The average Bonchev–Trinajstić information content (AvgIpc) is 3.04. The summed E-state index contributed by atoms with van der Waals surface area (Å²) in [6.07, 6.45) is 2.49. The van der Waals surface area contributed by atoms with E-state index in [-0.39, 0.29) is 6.10 Å². The standard InChI is InChI=1S/C16H24N4OS/c1-12(13-6-8-14(9-7-13)20(2)3)18-19-16(22)17-11-15-5-4-10-21-15/h6-9,15H,4-5,10-11H2,1-3H3,(H2,17,19,22)/b18-12-/t15-/m0/s1. The van der Waals surface area contributed by atoms with Crippen LogP contribution in [0.3, 0.4) is 0 Å². The molecule has 0 radical (unpaired) electrons. The molecular formula is C16H24N4OS. The number of nitrogens with zero attached hydrogens (tertiary/aromatic N) is 2. The molecular weight excluding hydrogens is 296 g/mol. The van der Waals surface area contributed by atoms with E-state index in [0.717, 1.165) is 37.3 Å². The molecule has 2 rings (SSSR count).